The minimum absolute atomic E-state index is 0.402. The molecular formula is C17H20BrNO. The summed E-state index contributed by atoms with van der Waals surface area (Å²) < 4.78 is 6.97. The molecule has 1 atom stereocenters. The first kappa shape index (κ1) is 15.1. The number of ether oxygens (including phenoxy) is 1. The fourth-order valence-electron chi connectivity index (χ4n) is 2.19. The van der Waals surface area contributed by atoms with Crippen molar-refractivity contribution < 1.29 is 4.74 Å². The van der Waals surface area contributed by atoms with Gasteiger partial charge in [-0.05, 0) is 61.9 Å². The van der Waals surface area contributed by atoms with E-state index in [1.807, 2.05) is 37.4 Å². The SMILES string of the molecule is CCC(NC)c1ccc(Oc2ccc(Br)c(C)c2)cc1. The zero-order valence-corrected chi connectivity index (χ0v) is 13.7. The number of aryl methyl sites for hydroxylation is 1. The summed E-state index contributed by atoms with van der Waals surface area (Å²) in [5, 5.41) is 3.30. The number of hydrogen-bond donors (Lipinski definition) is 1. The Morgan fingerprint density at radius 2 is 1.75 bits per heavy atom. The van der Waals surface area contributed by atoms with E-state index in [9.17, 15) is 0 Å². The molecule has 1 unspecified atom stereocenters. The van der Waals surface area contributed by atoms with E-state index in [1.165, 1.54) is 11.1 Å². The van der Waals surface area contributed by atoms with Crippen molar-refractivity contribution in [3.63, 3.8) is 0 Å². The van der Waals surface area contributed by atoms with Gasteiger partial charge in [0.05, 0.1) is 0 Å². The van der Waals surface area contributed by atoms with Gasteiger partial charge < -0.3 is 10.1 Å². The average Bonchev–Trinajstić information content (AvgIpc) is 2.46. The van der Waals surface area contributed by atoms with Crippen LogP contribution in [0.5, 0.6) is 11.5 Å². The van der Waals surface area contributed by atoms with Gasteiger partial charge in [-0.2, -0.15) is 0 Å². The lowest BCUT2D eigenvalue weighted by molar-refractivity contribution is 0.481. The van der Waals surface area contributed by atoms with Crippen LogP contribution in [0.4, 0.5) is 0 Å². The molecule has 3 heteroatoms. The zero-order chi connectivity index (χ0) is 14.5. The van der Waals surface area contributed by atoms with E-state index in [-0.39, 0.29) is 0 Å². The Hall–Kier alpha value is -1.32. The molecule has 0 heterocycles. The Kier molecular flexibility index (Phi) is 5.21. The van der Waals surface area contributed by atoms with Crippen molar-refractivity contribution in [2.24, 2.45) is 0 Å². The lowest BCUT2D eigenvalue weighted by atomic mass is 10.0. The molecule has 0 radical (unpaired) electrons. The van der Waals surface area contributed by atoms with Gasteiger partial charge in [0.25, 0.3) is 0 Å². The first-order chi connectivity index (χ1) is 9.63. The van der Waals surface area contributed by atoms with Gasteiger partial charge in [-0.3, -0.25) is 0 Å². The monoisotopic (exact) mass is 333 g/mol. The third-order valence-electron chi connectivity index (χ3n) is 3.40. The minimum Gasteiger partial charge on any atom is -0.457 e. The predicted molar refractivity (Wildman–Crippen MR) is 87.5 cm³/mol. The van der Waals surface area contributed by atoms with Gasteiger partial charge >= 0.3 is 0 Å². The van der Waals surface area contributed by atoms with E-state index >= 15 is 0 Å². The number of rotatable bonds is 5. The summed E-state index contributed by atoms with van der Waals surface area (Å²) in [7, 11) is 1.99. The Bertz CT molecular complexity index is 562. The molecule has 0 fully saturated rings. The van der Waals surface area contributed by atoms with Crippen molar-refractivity contribution in [3.8, 4) is 11.5 Å². The molecular weight excluding hydrogens is 314 g/mol. The number of nitrogens with one attached hydrogen (secondary N) is 1. The lowest BCUT2D eigenvalue weighted by Crippen LogP contribution is -2.14. The summed E-state index contributed by atoms with van der Waals surface area (Å²) >= 11 is 3.49. The summed E-state index contributed by atoms with van der Waals surface area (Å²) in [6, 6.07) is 14.7. The first-order valence-corrected chi connectivity index (χ1v) is 7.64. The van der Waals surface area contributed by atoms with Crippen LogP contribution in [0.3, 0.4) is 0 Å². The van der Waals surface area contributed by atoms with Crippen molar-refractivity contribution in [2.45, 2.75) is 26.3 Å². The maximum atomic E-state index is 5.87. The van der Waals surface area contributed by atoms with Gasteiger partial charge in [0.2, 0.25) is 0 Å². The van der Waals surface area contributed by atoms with Crippen LogP contribution in [0.15, 0.2) is 46.9 Å². The fourth-order valence-corrected chi connectivity index (χ4v) is 2.44. The quantitative estimate of drug-likeness (QED) is 0.809. The molecule has 2 nitrogen and oxygen atoms in total. The van der Waals surface area contributed by atoms with Gasteiger partial charge in [0.1, 0.15) is 11.5 Å². The lowest BCUT2D eigenvalue weighted by Gasteiger charge is -2.15. The van der Waals surface area contributed by atoms with Crippen LogP contribution in [0.1, 0.15) is 30.5 Å². The number of benzene rings is 2. The number of hydrogen-bond acceptors (Lipinski definition) is 2. The van der Waals surface area contributed by atoms with Gasteiger partial charge in [0, 0.05) is 10.5 Å². The molecule has 0 aliphatic heterocycles. The van der Waals surface area contributed by atoms with Crippen LogP contribution >= 0.6 is 15.9 Å². The van der Waals surface area contributed by atoms with E-state index in [2.05, 4.69) is 47.2 Å². The minimum atomic E-state index is 0.402. The molecule has 2 aromatic carbocycles. The van der Waals surface area contributed by atoms with E-state index in [0.717, 1.165) is 22.4 Å². The molecule has 0 amide bonds. The molecule has 0 aliphatic rings. The molecule has 106 valence electrons. The molecule has 2 rings (SSSR count). The third-order valence-corrected chi connectivity index (χ3v) is 4.29. The van der Waals surface area contributed by atoms with E-state index in [0.29, 0.717) is 6.04 Å². The average molecular weight is 334 g/mol. The summed E-state index contributed by atoms with van der Waals surface area (Å²) in [5.41, 5.74) is 2.45. The standard InChI is InChI=1S/C17H20BrNO/c1-4-17(19-3)13-5-7-14(8-6-13)20-15-9-10-16(18)12(2)11-15/h5-11,17,19H,4H2,1-3H3. The second-order valence-electron chi connectivity index (χ2n) is 4.83. The fraction of sp³-hybridized carbons (Fsp3) is 0.294. The third kappa shape index (κ3) is 3.62. The van der Waals surface area contributed by atoms with Crippen LogP contribution in [-0.2, 0) is 0 Å². The molecule has 0 aliphatic carbocycles. The van der Waals surface area contributed by atoms with Crippen molar-refractivity contribution in [1.82, 2.24) is 5.32 Å². The molecule has 0 bridgehead atoms. The normalized spacial score (nSPS) is 12.2. The molecule has 20 heavy (non-hydrogen) atoms. The summed E-state index contributed by atoms with van der Waals surface area (Å²) in [5.74, 6) is 1.72. The van der Waals surface area contributed by atoms with Gasteiger partial charge in [-0.1, -0.05) is 35.0 Å². The largest absolute Gasteiger partial charge is 0.457 e. The molecule has 2 aromatic rings. The van der Waals surface area contributed by atoms with Crippen molar-refractivity contribution >= 4 is 15.9 Å². The maximum Gasteiger partial charge on any atom is 0.127 e. The Balaban J connectivity index is 2.12. The summed E-state index contributed by atoms with van der Waals surface area (Å²) in [6.07, 6.45) is 1.07. The highest BCUT2D eigenvalue weighted by Crippen LogP contribution is 2.27. The molecule has 0 saturated carbocycles. The van der Waals surface area contributed by atoms with Crippen molar-refractivity contribution in [1.29, 1.82) is 0 Å². The topological polar surface area (TPSA) is 21.3 Å². The number of halogens is 1. The first-order valence-electron chi connectivity index (χ1n) is 6.85. The predicted octanol–water partition coefficient (Wildman–Crippen LogP) is 5.22. The highest BCUT2D eigenvalue weighted by atomic mass is 79.9. The van der Waals surface area contributed by atoms with Gasteiger partial charge in [-0.25, -0.2) is 0 Å². The Morgan fingerprint density at radius 1 is 1.10 bits per heavy atom. The van der Waals surface area contributed by atoms with Crippen LogP contribution < -0.4 is 10.1 Å². The van der Waals surface area contributed by atoms with E-state index in [1.54, 1.807) is 0 Å². The van der Waals surface area contributed by atoms with E-state index < -0.39 is 0 Å². The highest BCUT2D eigenvalue weighted by molar-refractivity contribution is 9.10. The highest BCUT2D eigenvalue weighted by Gasteiger charge is 2.06. The van der Waals surface area contributed by atoms with Crippen LogP contribution in [-0.4, -0.2) is 7.05 Å². The smallest absolute Gasteiger partial charge is 0.127 e. The second-order valence-corrected chi connectivity index (χ2v) is 5.69. The molecule has 0 aromatic heterocycles. The van der Waals surface area contributed by atoms with E-state index in [4.69, 9.17) is 4.74 Å². The molecule has 0 saturated heterocycles. The van der Waals surface area contributed by atoms with Crippen LogP contribution in [0.2, 0.25) is 0 Å². The summed E-state index contributed by atoms with van der Waals surface area (Å²) in [4.78, 5) is 0. The van der Waals surface area contributed by atoms with Gasteiger partial charge in [0.15, 0.2) is 0 Å². The molecule has 1 N–H and O–H groups in total. The van der Waals surface area contributed by atoms with Crippen molar-refractivity contribution in [3.05, 3.63) is 58.1 Å². The zero-order valence-electron chi connectivity index (χ0n) is 12.1. The Morgan fingerprint density at radius 3 is 2.30 bits per heavy atom. The second kappa shape index (κ2) is 6.91. The van der Waals surface area contributed by atoms with Crippen LogP contribution in [0, 0.1) is 6.92 Å². The molecule has 0 spiro atoms. The van der Waals surface area contributed by atoms with Crippen molar-refractivity contribution in [2.75, 3.05) is 7.05 Å². The van der Waals surface area contributed by atoms with Crippen LogP contribution in [0.25, 0.3) is 0 Å². The Labute approximate surface area is 129 Å². The van der Waals surface area contributed by atoms with Gasteiger partial charge in [-0.15, -0.1) is 0 Å². The summed E-state index contributed by atoms with van der Waals surface area (Å²) in [6.45, 7) is 4.23. The maximum absolute atomic E-state index is 5.87.